The first-order valence-corrected chi connectivity index (χ1v) is 11.9. The van der Waals surface area contributed by atoms with Crippen LogP contribution in [0, 0.1) is 37.5 Å². The van der Waals surface area contributed by atoms with E-state index < -0.39 is 21.2 Å². The maximum atomic E-state index is 12.8. The van der Waals surface area contributed by atoms with Gasteiger partial charge in [-0.3, -0.25) is 29.8 Å². The van der Waals surface area contributed by atoms with Crippen molar-refractivity contribution in [1.82, 2.24) is 10.6 Å². The van der Waals surface area contributed by atoms with E-state index in [-0.39, 0.29) is 45.8 Å². The molecule has 4 N–H and O–H groups in total. The number of anilines is 2. The van der Waals surface area contributed by atoms with Gasteiger partial charge in [0.2, 0.25) is 11.8 Å². The highest BCUT2D eigenvalue weighted by molar-refractivity contribution is 7.80. The van der Waals surface area contributed by atoms with Gasteiger partial charge in [0.25, 0.3) is 11.4 Å². The molecule has 194 valence electrons. The summed E-state index contributed by atoms with van der Waals surface area (Å²) in [4.78, 5) is 46.1. The number of benzene rings is 2. The molecule has 3 rings (SSSR count). The number of nitro groups is 2. The van der Waals surface area contributed by atoms with Crippen molar-refractivity contribution in [3.63, 3.8) is 0 Å². The highest BCUT2D eigenvalue weighted by Gasteiger charge is 2.52. The largest absolute Gasteiger partial charge is 0.332 e. The highest BCUT2D eigenvalue weighted by atomic mass is 32.1. The van der Waals surface area contributed by atoms with Crippen LogP contribution in [0.3, 0.4) is 0 Å². The van der Waals surface area contributed by atoms with Crippen molar-refractivity contribution in [2.24, 2.45) is 17.3 Å². The third-order valence-corrected chi connectivity index (χ3v) is 6.75. The molecule has 37 heavy (non-hydrogen) atoms. The predicted octanol–water partition coefficient (Wildman–Crippen LogP) is 3.88. The van der Waals surface area contributed by atoms with Crippen molar-refractivity contribution >= 4 is 69.2 Å². The molecular weight excluding hydrogens is 520 g/mol. The summed E-state index contributed by atoms with van der Waals surface area (Å²) in [5, 5.41) is 32.5. The Hall–Kier alpha value is -4.04. The van der Waals surface area contributed by atoms with Crippen LogP contribution in [0.25, 0.3) is 0 Å². The minimum absolute atomic E-state index is 0.00879. The van der Waals surface area contributed by atoms with E-state index in [1.807, 2.05) is 13.8 Å². The van der Waals surface area contributed by atoms with Crippen molar-refractivity contribution in [1.29, 1.82) is 0 Å². The normalized spacial score (nSPS) is 17.5. The lowest BCUT2D eigenvalue weighted by molar-refractivity contribution is -0.385. The second-order valence-electron chi connectivity index (χ2n) is 9.07. The van der Waals surface area contributed by atoms with E-state index in [1.54, 1.807) is 12.1 Å². The summed E-state index contributed by atoms with van der Waals surface area (Å²) in [5.41, 5.74) is 0.0172. The maximum Gasteiger partial charge on any atom is 0.271 e. The zero-order valence-corrected chi connectivity index (χ0v) is 21.5. The van der Waals surface area contributed by atoms with E-state index in [4.69, 9.17) is 24.4 Å². The summed E-state index contributed by atoms with van der Waals surface area (Å²) < 4.78 is 0. The average Bonchev–Trinajstić information content (AvgIpc) is 2.81. The van der Waals surface area contributed by atoms with E-state index in [1.165, 1.54) is 36.4 Å². The van der Waals surface area contributed by atoms with E-state index in [0.717, 1.165) is 0 Å². The number of nitrogens with zero attached hydrogens (tertiary/aromatic N) is 2. The standard InChI is InChI=1S/C23H24N6O6S2/c1-23(2)13(10-19(30)26-21(36)24-14-5-3-7-16(11-14)28(32)33)9-18(23)20(31)27-22(37)25-15-6-4-8-17(12-15)29(34)35/h3-8,11-13,18H,9-10H2,1-2H3,(H2,24,26,30,36)(H2,25,27,31,37)/t13-,18+/m1/s1. The number of thiocarbonyl (C=S) groups is 2. The number of carbonyl (C=O) groups is 2. The van der Waals surface area contributed by atoms with Gasteiger partial charge in [-0.05, 0) is 54.3 Å². The monoisotopic (exact) mass is 544 g/mol. The number of hydrogen-bond acceptors (Lipinski definition) is 8. The lowest BCUT2D eigenvalue weighted by atomic mass is 9.53. The van der Waals surface area contributed by atoms with Crippen LogP contribution in [0.4, 0.5) is 22.7 Å². The molecule has 1 fully saturated rings. The molecule has 0 heterocycles. The molecule has 0 saturated heterocycles. The van der Waals surface area contributed by atoms with Gasteiger partial charge in [-0.25, -0.2) is 0 Å². The molecule has 2 aromatic rings. The van der Waals surface area contributed by atoms with Gasteiger partial charge in [-0.1, -0.05) is 26.0 Å². The molecule has 0 aliphatic heterocycles. The van der Waals surface area contributed by atoms with Gasteiger partial charge in [-0.15, -0.1) is 0 Å². The van der Waals surface area contributed by atoms with E-state index in [2.05, 4.69) is 21.3 Å². The van der Waals surface area contributed by atoms with Crippen LogP contribution in [-0.2, 0) is 9.59 Å². The summed E-state index contributed by atoms with van der Waals surface area (Å²) in [7, 11) is 0. The smallest absolute Gasteiger partial charge is 0.271 e. The molecule has 0 spiro atoms. The maximum absolute atomic E-state index is 12.8. The fraction of sp³-hybridized carbons (Fsp3) is 0.304. The van der Waals surface area contributed by atoms with Crippen LogP contribution < -0.4 is 21.3 Å². The lowest BCUT2D eigenvalue weighted by Crippen LogP contribution is -2.55. The Bertz CT molecular complexity index is 1280. The molecule has 1 saturated carbocycles. The first kappa shape index (κ1) is 27.5. The van der Waals surface area contributed by atoms with Gasteiger partial charge in [0.15, 0.2) is 10.2 Å². The SMILES string of the molecule is CC1(C)[C@@H](CC(=O)NC(=S)Nc2cccc([N+](=O)[O-])c2)C[C@H]1C(=O)NC(=S)Nc1cccc([N+](=O)[O-])c1. The molecule has 1 aliphatic carbocycles. The minimum atomic E-state index is -0.533. The van der Waals surface area contributed by atoms with Gasteiger partial charge in [0, 0.05) is 48.0 Å². The van der Waals surface area contributed by atoms with Crippen LogP contribution in [-0.4, -0.2) is 31.9 Å². The zero-order valence-electron chi connectivity index (χ0n) is 19.8. The number of amides is 2. The fourth-order valence-electron chi connectivity index (χ4n) is 4.13. The van der Waals surface area contributed by atoms with E-state index in [9.17, 15) is 29.8 Å². The Labute approximate surface area is 222 Å². The molecule has 12 nitrogen and oxygen atoms in total. The summed E-state index contributed by atoms with van der Waals surface area (Å²) in [6.07, 6.45) is 0.584. The van der Waals surface area contributed by atoms with Gasteiger partial charge in [-0.2, -0.15) is 0 Å². The van der Waals surface area contributed by atoms with Crippen molar-refractivity contribution < 1.29 is 19.4 Å². The number of rotatable bonds is 7. The van der Waals surface area contributed by atoms with Gasteiger partial charge >= 0.3 is 0 Å². The summed E-state index contributed by atoms with van der Waals surface area (Å²) >= 11 is 10.3. The number of non-ortho nitro benzene ring substituents is 2. The van der Waals surface area contributed by atoms with Crippen molar-refractivity contribution in [2.75, 3.05) is 10.6 Å². The quantitative estimate of drug-likeness (QED) is 0.228. The fourth-order valence-corrected chi connectivity index (χ4v) is 4.58. The van der Waals surface area contributed by atoms with Gasteiger partial charge in [0.05, 0.1) is 9.85 Å². The van der Waals surface area contributed by atoms with Crippen molar-refractivity contribution in [3.05, 3.63) is 68.8 Å². The zero-order chi connectivity index (χ0) is 27.3. The molecule has 0 aromatic heterocycles. The molecule has 0 radical (unpaired) electrons. The molecule has 0 unspecified atom stereocenters. The van der Waals surface area contributed by atoms with Gasteiger partial charge in [0.1, 0.15) is 0 Å². The van der Waals surface area contributed by atoms with Crippen LogP contribution in [0.5, 0.6) is 0 Å². The first-order chi connectivity index (χ1) is 17.4. The van der Waals surface area contributed by atoms with Crippen LogP contribution in [0.1, 0.15) is 26.7 Å². The topological polar surface area (TPSA) is 169 Å². The second-order valence-corrected chi connectivity index (χ2v) is 9.89. The first-order valence-electron chi connectivity index (χ1n) is 11.1. The molecule has 2 aromatic carbocycles. The van der Waals surface area contributed by atoms with Crippen molar-refractivity contribution in [2.45, 2.75) is 26.7 Å². The molecule has 2 atom stereocenters. The number of carbonyl (C=O) groups excluding carboxylic acids is 2. The second kappa shape index (κ2) is 11.3. The number of hydrogen-bond donors (Lipinski definition) is 4. The minimum Gasteiger partial charge on any atom is -0.332 e. The molecule has 2 amide bonds. The highest BCUT2D eigenvalue weighted by Crippen LogP contribution is 2.52. The predicted molar refractivity (Wildman–Crippen MR) is 145 cm³/mol. The Morgan fingerprint density at radius 3 is 1.86 bits per heavy atom. The number of nitro benzene ring substituents is 2. The Morgan fingerprint density at radius 2 is 1.41 bits per heavy atom. The van der Waals surface area contributed by atoms with Crippen LogP contribution in [0.2, 0.25) is 0 Å². The number of nitrogens with one attached hydrogen (secondary N) is 4. The van der Waals surface area contributed by atoms with E-state index >= 15 is 0 Å². The van der Waals surface area contributed by atoms with Crippen LogP contribution >= 0.6 is 24.4 Å². The summed E-state index contributed by atoms with van der Waals surface area (Å²) in [5.74, 6) is -1.15. The van der Waals surface area contributed by atoms with E-state index in [0.29, 0.717) is 17.8 Å². The Morgan fingerprint density at radius 1 is 0.919 bits per heavy atom. The molecule has 0 bridgehead atoms. The average molecular weight is 545 g/mol. The Kier molecular flexibility index (Phi) is 8.45. The summed E-state index contributed by atoms with van der Waals surface area (Å²) in [6.45, 7) is 3.77. The molecular formula is C23H24N6O6S2. The van der Waals surface area contributed by atoms with Crippen molar-refractivity contribution in [3.8, 4) is 0 Å². The Balaban J connectivity index is 1.48. The van der Waals surface area contributed by atoms with Crippen LogP contribution in [0.15, 0.2) is 48.5 Å². The lowest BCUT2D eigenvalue weighted by Gasteiger charge is -2.51. The third kappa shape index (κ3) is 7.01. The summed E-state index contributed by atoms with van der Waals surface area (Å²) in [6, 6.07) is 11.5. The third-order valence-electron chi connectivity index (χ3n) is 6.34. The molecule has 1 aliphatic rings. The van der Waals surface area contributed by atoms with Gasteiger partial charge < -0.3 is 21.3 Å². The molecule has 14 heteroatoms.